The van der Waals surface area contributed by atoms with Crippen molar-refractivity contribution in [3.8, 4) is 0 Å². The van der Waals surface area contributed by atoms with Crippen molar-refractivity contribution in [3.05, 3.63) is 0 Å². The summed E-state index contributed by atoms with van der Waals surface area (Å²) < 4.78 is 5.27. The molecule has 0 atom stereocenters. The van der Waals surface area contributed by atoms with E-state index in [0.29, 0.717) is 12.6 Å². The number of hydrogen-bond acceptors (Lipinski definition) is 4. The Hall–Kier alpha value is -0.810. The highest BCUT2D eigenvalue weighted by Crippen LogP contribution is 2.17. The van der Waals surface area contributed by atoms with Gasteiger partial charge in [0.1, 0.15) is 0 Å². The average Bonchev–Trinajstić information content (AvgIpc) is 2.48. The number of nitrogens with one attached hydrogen (secondary N) is 1. The van der Waals surface area contributed by atoms with Crippen molar-refractivity contribution >= 4 is 6.09 Å². The fourth-order valence-electron chi connectivity index (χ4n) is 2.86. The highest BCUT2D eigenvalue weighted by molar-refractivity contribution is 5.67. The summed E-state index contributed by atoms with van der Waals surface area (Å²) in [7, 11) is 0. The molecule has 2 rings (SSSR count). The predicted molar refractivity (Wildman–Crippen MR) is 75.3 cm³/mol. The molecule has 0 aliphatic carbocycles. The van der Waals surface area contributed by atoms with E-state index in [1.54, 1.807) is 0 Å². The Morgan fingerprint density at radius 1 is 1.21 bits per heavy atom. The van der Waals surface area contributed by atoms with Gasteiger partial charge < -0.3 is 15.0 Å². The Labute approximate surface area is 116 Å². The highest BCUT2D eigenvalue weighted by atomic mass is 16.6. The molecule has 2 fully saturated rings. The number of nitrogens with zero attached hydrogens (tertiary/aromatic N) is 2. The molecule has 2 aliphatic rings. The van der Waals surface area contributed by atoms with E-state index < -0.39 is 0 Å². The van der Waals surface area contributed by atoms with Crippen LogP contribution in [0.15, 0.2) is 0 Å². The second kappa shape index (κ2) is 7.70. The maximum absolute atomic E-state index is 11.8. The van der Waals surface area contributed by atoms with Crippen LogP contribution >= 0.6 is 0 Å². The molecule has 0 bridgehead atoms. The zero-order valence-corrected chi connectivity index (χ0v) is 12.1. The quantitative estimate of drug-likeness (QED) is 0.781. The summed E-state index contributed by atoms with van der Waals surface area (Å²) in [5.41, 5.74) is 0. The molecule has 2 aliphatic heterocycles. The lowest BCUT2D eigenvalue weighted by Gasteiger charge is -2.39. The Morgan fingerprint density at radius 2 is 1.89 bits per heavy atom. The lowest BCUT2D eigenvalue weighted by Crippen LogP contribution is -2.52. The molecule has 0 radical (unpaired) electrons. The minimum atomic E-state index is -0.118. The second-order valence-electron chi connectivity index (χ2n) is 5.47. The maximum atomic E-state index is 11.8. The van der Waals surface area contributed by atoms with Gasteiger partial charge in [-0.05, 0) is 19.3 Å². The number of piperidine rings is 1. The van der Waals surface area contributed by atoms with Crippen LogP contribution in [-0.4, -0.2) is 67.8 Å². The van der Waals surface area contributed by atoms with Gasteiger partial charge in [0.15, 0.2) is 0 Å². The van der Waals surface area contributed by atoms with Crippen LogP contribution in [0.2, 0.25) is 0 Å². The molecule has 0 saturated carbocycles. The summed E-state index contributed by atoms with van der Waals surface area (Å²) in [5.74, 6) is 0. The van der Waals surface area contributed by atoms with Crippen molar-refractivity contribution < 1.29 is 9.53 Å². The van der Waals surface area contributed by atoms with Crippen molar-refractivity contribution in [3.63, 3.8) is 0 Å². The summed E-state index contributed by atoms with van der Waals surface area (Å²) in [6.45, 7) is 8.84. The third-order valence-corrected chi connectivity index (χ3v) is 4.11. The third kappa shape index (κ3) is 4.35. The fraction of sp³-hybridized carbons (Fsp3) is 0.929. The van der Waals surface area contributed by atoms with Gasteiger partial charge in [-0.25, -0.2) is 4.79 Å². The largest absolute Gasteiger partial charge is 0.449 e. The zero-order chi connectivity index (χ0) is 13.5. The van der Waals surface area contributed by atoms with E-state index in [1.165, 1.54) is 0 Å². The van der Waals surface area contributed by atoms with Gasteiger partial charge in [-0.1, -0.05) is 13.3 Å². The van der Waals surface area contributed by atoms with Gasteiger partial charge in [-0.2, -0.15) is 0 Å². The monoisotopic (exact) mass is 269 g/mol. The van der Waals surface area contributed by atoms with Crippen LogP contribution in [-0.2, 0) is 4.74 Å². The molecule has 0 unspecified atom stereocenters. The molecule has 5 heteroatoms. The number of rotatable bonds is 4. The van der Waals surface area contributed by atoms with Gasteiger partial charge in [-0.15, -0.1) is 0 Å². The number of hydrogen-bond donors (Lipinski definition) is 1. The minimum absolute atomic E-state index is 0.118. The first kappa shape index (κ1) is 14.6. The molecule has 0 spiro atoms. The van der Waals surface area contributed by atoms with Crippen LogP contribution in [0, 0.1) is 0 Å². The summed E-state index contributed by atoms with van der Waals surface area (Å²) in [4.78, 5) is 16.3. The van der Waals surface area contributed by atoms with Crippen LogP contribution in [0.1, 0.15) is 32.6 Å². The number of likely N-dealkylation sites (tertiary alicyclic amines) is 1. The summed E-state index contributed by atoms with van der Waals surface area (Å²) >= 11 is 0. The molecule has 2 saturated heterocycles. The molecule has 5 nitrogen and oxygen atoms in total. The van der Waals surface area contributed by atoms with Crippen LogP contribution in [0.3, 0.4) is 0 Å². The molecule has 0 aromatic carbocycles. The molecule has 19 heavy (non-hydrogen) atoms. The van der Waals surface area contributed by atoms with Crippen molar-refractivity contribution in [2.24, 2.45) is 0 Å². The second-order valence-corrected chi connectivity index (χ2v) is 5.47. The summed E-state index contributed by atoms with van der Waals surface area (Å²) in [6, 6.07) is 0.654. The third-order valence-electron chi connectivity index (χ3n) is 4.11. The summed E-state index contributed by atoms with van der Waals surface area (Å²) in [6.07, 6.45) is 4.08. The molecule has 0 aromatic rings. The van der Waals surface area contributed by atoms with Crippen LogP contribution in [0.25, 0.3) is 0 Å². The normalized spacial score (nSPS) is 22.5. The molecular formula is C14H27N3O2. The Kier molecular flexibility index (Phi) is 5.92. The highest BCUT2D eigenvalue weighted by Gasteiger charge is 2.27. The Morgan fingerprint density at radius 3 is 2.53 bits per heavy atom. The molecule has 1 N–H and O–H groups in total. The van der Waals surface area contributed by atoms with Gasteiger partial charge in [-0.3, -0.25) is 4.90 Å². The summed E-state index contributed by atoms with van der Waals surface area (Å²) in [5, 5.41) is 3.38. The van der Waals surface area contributed by atoms with Crippen molar-refractivity contribution in [2.75, 3.05) is 45.9 Å². The van der Waals surface area contributed by atoms with Crippen LogP contribution in [0.5, 0.6) is 0 Å². The number of unbranched alkanes of at least 4 members (excludes halogenated alkanes) is 1. The lowest BCUT2D eigenvalue weighted by atomic mass is 10.0. The SMILES string of the molecule is CCCCOC(=O)N1CCC(N2CCNCC2)CC1. The minimum Gasteiger partial charge on any atom is -0.449 e. The van der Waals surface area contributed by atoms with E-state index in [9.17, 15) is 4.79 Å². The zero-order valence-electron chi connectivity index (χ0n) is 12.1. The first-order valence-corrected chi connectivity index (χ1v) is 7.67. The molecule has 1 amide bonds. The van der Waals surface area contributed by atoms with Gasteiger partial charge in [0.25, 0.3) is 0 Å². The molecular weight excluding hydrogens is 242 g/mol. The predicted octanol–water partition coefficient (Wildman–Crippen LogP) is 1.29. The fourth-order valence-corrected chi connectivity index (χ4v) is 2.86. The van der Waals surface area contributed by atoms with Gasteiger partial charge in [0.05, 0.1) is 6.61 Å². The van der Waals surface area contributed by atoms with Crippen molar-refractivity contribution in [2.45, 2.75) is 38.6 Å². The van der Waals surface area contributed by atoms with Crippen molar-refractivity contribution in [1.29, 1.82) is 0 Å². The first-order chi connectivity index (χ1) is 9.31. The molecule has 0 aromatic heterocycles. The van der Waals surface area contributed by atoms with E-state index in [0.717, 1.165) is 65.0 Å². The van der Waals surface area contributed by atoms with E-state index >= 15 is 0 Å². The van der Waals surface area contributed by atoms with E-state index in [1.807, 2.05) is 4.90 Å². The number of ether oxygens (including phenoxy) is 1. The molecule has 110 valence electrons. The van der Waals surface area contributed by atoms with Crippen molar-refractivity contribution in [1.82, 2.24) is 15.1 Å². The number of carbonyl (C=O) groups excluding carboxylic acids is 1. The lowest BCUT2D eigenvalue weighted by molar-refractivity contribution is 0.0677. The Bertz CT molecular complexity index is 272. The van der Waals surface area contributed by atoms with Crippen LogP contribution in [0.4, 0.5) is 4.79 Å². The number of carbonyl (C=O) groups is 1. The average molecular weight is 269 g/mol. The van der Waals surface area contributed by atoms with Crippen LogP contribution < -0.4 is 5.32 Å². The van der Waals surface area contributed by atoms with E-state index in [4.69, 9.17) is 4.74 Å². The van der Waals surface area contributed by atoms with E-state index in [2.05, 4.69) is 17.1 Å². The number of amides is 1. The standard InChI is InChI=1S/C14H27N3O2/c1-2-3-12-19-14(18)17-8-4-13(5-9-17)16-10-6-15-7-11-16/h13,15H,2-12H2,1H3. The Balaban J connectivity index is 1.68. The van der Waals surface area contributed by atoms with Gasteiger partial charge >= 0.3 is 6.09 Å². The van der Waals surface area contributed by atoms with Gasteiger partial charge in [0, 0.05) is 45.3 Å². The van der Waals surface area contributed by atoms with Gasteiger partial charge in [0.2, 0.25) is 0 Å². The first-order valence-electron chi connectivity index (χ1n) is 7.67. The number of piperazine rings is 1. The maximum Gasteiger partial charge on any atom is 0.409 e. The topological polar surface area (TPSA) is 44.8 Å². The smallest absolute Gasteiger partial charge is 0.409 e. The van der Waals surface area contributed by atoms with E-state index in [-0.39, 0.29) is 6.09 Å². The molecule has 2 heterocycles.